The van der Waals surface area contributed by atoms with E-state index in [9.17, 15) is 4.79 Å². The van der Waals surface area contributed by atoms with Gasteiger partial charge in [-0.1, -0.05) is 35.5 Å². The number of hydrogen-bond acceptors (Lipinski definition) is 7. The maximum atomic E-state index is 12.6. The lowest BCUT2D eigenvalue weighted by molar-refractivity contribution is 0.0467. The molecule has 0 saturated carbocycles. The molecule has 0 aliphatic rings. The van der Waals surface area contributed by atoms with E-state index < -0.39 is 5.97 Å². The molecule has 0 N–H and O–H groups in total. The Bertz CT molecular complexity index is 1020. The van der Waals surface area contributed by atoms with Crippen molar-refractivity contribution in [3.05, 3.63) is 69.6 Å². The van der Waals surface area contributed by atoms with Crippen LogP contribution >= 0.6 is 22.7 Å². The minimum Gasteiger partial charge on any atom is -0.455 e. The summed E-state index contributed by atoms with van der Waals surface area (Å²) in [5.41, 5.74) is 3.46. The van der Waals surface area contributed by atoms with Gasteiger partial charge in [0, 0.05) is 21.9 Å². The Morgan fingerprint density at radius 1 is 1.15 bits per heavy atom. The fourth-order valence-electron chi connectivity index (χ4n) is 2.51. The summed E-state index contributed by atoms with van der Waals surface area (Å²) in [5.74, 6) is -0.0289. The molecule has 4 rings (SSSR count). The van der Waals surface area contributed by atoms with E-state index in [0.717, 1.165) is 21.8 Å². The quantitative estimate of drug-likeness (QED) is 0.444. The highest BCUT2D eigenvalue weighted by Gasteiger charge is 2.23. The van der Waals surface area contributed by atoms with Crippen LogP contribution in [-0.2, 0) is 11.3 Å². The highest BCUT2D eigenvalue weighted by molar-refractivity contribution is 7.14. The molecule has 4 aromatic rings. The smallest absolute Gasteiger partial charge is 0.344 e. The lowest BCUT2D eigenvalue weighted by atomic mass is 10.1. The summed E-state index contributed by atoms with van der Waals surface area (Å²) in [6.45, 7) is 1.81. The highest BCUT2D eigenvalue weighted by atomic mass is 32.1. The summed E-state index contributed by atoms with van der Waals surface area (Å²) in [7, 11) is 0. The number of aryl methyl sites for hydroxylation is 1. The number of carbonyl (C=O) groups excluding carboxylic acids is 1. The van der Waals surface area contributed by atoms with Crippen molar-refractivity contribution in [3.8, 4) is 21.8 Å². The summed E-state index contributed by atoms with van der Waals surface area (Å²) in [4.78, 5) is 17.1. The van der Waals surface area contributed by atoms with Crippen molar-refractivity contribution in [2.45, 2.75) is 13.5 Å². The number of esters is 1. The molecule has 1 aromatic carbocycles. The van der Waals surface area contributed by atoms with E-state index in [1.165, 1.54) is 11.3 Å². The second-order valence-electron chi connectivity index (χ2n) is 5.56. The second kappa shape index (κ2) is 7.23. The van der Waals surface area contributed by atoms with Crippen LogP contribution in [0.15, 0.2) is 57.1 Å². The minimum atomic E-state index is -0.465. The summed E-state index contributed by atoms with van der Waals surface area (Å²) < 4.78 is 10.7. The first-order valence-corrected chi connectivity index (χ1v) is 9.70. The summed E-state index contributed by atoms with van der Waals surface area (Å²) in [5, 5.41) is 10.9. The third-order valence-corrected chi connectivity index (χ3v) is 5.41. The standard InChI is InChI=1S/C19H14N2O3S2/c1-12-16(17(21-24-12)13-5-3-2-4-6-13)19(22)23-9-15-11-26-18(20-15)14-7-8-25-10-14/h2-8,10-11H,9H2,1H3. The van der Waals surface area contributed by atoms with Crippen LogP contribution in [0.2, 0.25) is 0 Å². The molecule has 0 aliphatic carbocycles. The Kier molecular flexibility index (Phi) is 4.64. The first-order chi connectivity index (χ1) is 12.7. The van der Waals surface area contributed by atoms with Crippen LogP contribution in [0.1, 0.15) is 21.8 Å². The van der Waals surface area contributed by atoms with Crippen LogP contribution < -0.4 is 0 Å². The van der Waals surface area contributed by atoms with Gasteiger partial charge in [-0.2, -0.15) is 11.3 Å². The van der Waals surface area contributed by atoms with Gasteiger partial charge in [0.25, 0.3) is 0 Å². The van der Waals surface area contributed by atoms with Gasteiger partial charge in [-0.15, -0.1) is 11.3 Å². The Balaban J connectivity index is 1.50. The van der Waals surface area contributed by atoms with Gasteiger partial charge in [0.2, 0.25) is 0 Å². The minimum absolute atomic E-state index is 0.109. The van der Waals surface area contributed by atoms with Crippen LogP contribution in [-0.4, -0.2) is 16.1 Å². The topological polar surface area (TPSA) is 65.2 Å². The van der Waals surface area contributed by atoms with Crippen molar-refractivity contribution in [3.63, 3.8) is 0 Å². The summed E-state index contributed by atoms with van der Waals surface area (Å²) in [6, 6.07) is 11.4. The highest BCUT2D eigenvalue weighted by Crippen LogP contribution is 2.28. The monoisotopic (exact) mass is 382 g/mol. The normalized spacial score (nSPS) is 10.8. The van der Waals surface area contributed by atoms with Crippen molar-refractivity contribution < 1.29 is 14.1 Å². The number of carbonyl (C=O) groups is 1. The first-order valence-electron chi connectivity index (χ1n) is 7.88. The number of ether oxygens (including phenoxy) is 1. The number of aromatic nitrogens is 2. The molecular formula is C19H14N2O3S2. The largest absolute Gasteiger partial charge is 0.455 e. The predicted molar refractivity (Wildman–Crippen MR) is 101 cm³/mol. The zero-order valence-electron chi connectivity index (χ0n) is 13.8. The molecule has 3 aromatic heterocycles. The third-order valence-electron chi connectivity index (χ3n) is 3.79. The van der Waals surface area contributed by atoms with E-state index in [1.54, 1.807) is 18.3 Å². The van der Waals surface area contributed by atoms with E-state index in [2.05, 4.69) is 10.1 Å². The van der Waals surface area contributed by atoms with Gasteiger partial charge < -0.3 is 9.26 Å². The van der Waals surface area contributed by atoms with Crippen LogP contribution in [0.5, 0.6) is 0 Å². The van der Waals surface area contributed by atoms with Crippen molar-refractivity contribution >= 4 is 28.6 Å². The van der Waals surface area contributed by atoms with E-state index >= 15 is 0 Å². The molecule has 5 nitrogen and oxygen atoms in total. The van der Waals surface area contributed by atoms with Gasteiger partial charge in [-0.05, 0) is 18.4 Å². The SMILES string of the molecule is Cc1onc(-c2ccccc2)c1C(=O)OCc1csc(-c2ccsc2)n1. The molecule has 0 aliphatic heterocycles. The van der Waals surface area contributed by atoms with Gasteiger partial charge in [0.05, 0.1) is 5.69 Å². The van der Waals surface area contributed by atoms with Crippen LogP contribution in [0.4, 0.5) is 0 Å². The lowest BCUT2D eigenvalue weighted by Crippen LogP contribution is -2.07. The molecule has 0 saturated heterocycles. The van der Waals surface area contributed by atoms with Gasteiger partial charge in [0.15, 0.2) is 0 Å². The molecule has 0 radical (unpaired) electrons. The molecule has 0 fully saturated rings. The molecule has 3 heterocycles. The maximum absolute atomic E-state index is 12.6. The molecule has 26 heavy (non-hydrogen) atoms. The maximum Gasteiger partial charge on any atom is 0.344 e. The van der Waals surface area contributed by atoms with Crippen LogP contribution in [0.25, 0.3) is 21.8 Å². The predicted octanol–water partition coefficient (Wildman–Crippen LogP) is 5.19. The first kappa shape index (κ1) is 16.7. The summed E-state index contributed by atoms with van der Waals surface area (Å²) in [6.07, 6.45) is 0. The molecule has 0 bridgehead atoms. The molecule has 0 atom stereocenters. The van der Waals surface area contributed by atoms with E-state index in [-0.39, 0.29) is 6.61 Å². The molecular weight excluding hydrogens is 368 g/mol. The summed E-state index contributed by atoms with van der Waals surface area (Å²) >= 11 is 3.16. The van der Waals surface area contributed by atoms with Crippen molar-refractivity contribution in [2.24, 2.45) is 0 Å². The van der Waals surface area contributed by atoms with E-state index in [1.807, 2.05) is 52.5 Å². The van der Waals surface area contributed by atoms with Crippen LogP contribution in [0.3, 0.4) is 0 Å². The number of thiophene rings is 1. The van der Waals surface area contributed by atoms with Crippen molar-refractivity contribution in [1.82, 2.24) is 10.1 Å². The zero-order valence-corrected chi connectivity index (χ0v) is 15.5. The van der Waals surface area contributed by atoms with Gasteiger partial charge >= 0.3 is 5.97 Å². The van der Waals surface area contributed by atoms with Crippen LogP contribution in [0, 0.1) is 6.92 Å². The lowest BCUT2D eigenvalue weighted by Gasteiger charge is -2.04. The zero-order chi connectivity index (χ0) is 17.9. The van der Waals surface area contributed by atoms with E-state index in [0.29, 0.717) is 17.0 Å². The van der Waals surface area contributed by atoms with Gasteiger partial charge in [0.1, 0.15) is 28.6 Å². The number of thiazole rings is 1. The van der Waals surface area contributed by atoms with Gasteiger partial charge in [-0.3, -0.25) is 0 Å². The van der Waals surface area contributed by atoms with Crippen molar-refractivity contribution in [2.75, 3.05) is 0 Å². The van der Waals surface area contributed by atoms with E-state index in [4.69, 9.17) is 9.26 Å². The number of nitrogens with zero attached hydrogens (tertiary/aromatic N) is 2. The second-order valence-corrected chi connectivity index (χ2v) is 7.20. The molecule has 0 spiro atoms. The number of benzene rings is 1. The van der Waals surface area contributed by atoms with Crippen molar-refractivity contribution in [1.29, 1.82) is 0 Å². The molecule has 130 valence electrons. The Hall–Kier alpha value is -2.77. The fourth-order valence-corrected chi connectivity index (χ4v) is 4.03. The molecule has 0 amide bonds. The fraction of sp³-hybridized carbons (Fsp3) is 0.105. The average molecular weight is 382 g/mol. The Morgan fingerprint density at radius 3 is 2.77 bits per heavy atom. The third kappa shape index (κ3) is 3.31. The number of rotatable bonds is 5. The van der Waals surface area contributed by atoms with Gasteiger partial charge in [-0.25, -0.2) is 9.78 Å². The average Bonchev–Trinajstić information content (AvgIpc) is 3.40. The number of hydrogen-bond donors (Lipinski definition) is 0. The Labute approximate surface area is 157 Å². The molecule has 0 unspecified atom stereocenters. The molecule has 7 heteroatoms. The Morgan fingerprint density at radius 2 is 2.00 bits per heavy atom.